The number of nitrogens with one attached hydrogen (secondary N) is 1. The van der Waals surface area contributed by atoms with Crippen LogP contribution in [0.5, 0.6) is 0 Å². The van der Waals surface area contributed by atoms with Crippen LogP contribution in [0.2, 0.25) is 0 Å². The van der Waals surface area contributed by atoms with E-state index in [1.165, 1.54) is 0 Å². The molecule has 2 N–H and O–H groups in total. The summed E-state index contributed by atoms with van der Waals surface area (Å²) in [5.74, 6) is -1.01. The predicted octanol–water partition coefficient (Wildman–Crippen LogP) is 1.84. The Labute approximate surface area is 108 Å². The van der Waals surface area contributed by atoms with Crippen LogP contribution in [0, 0.1) is 5.41 Å². The SMILES string of the molecule is CCC1(C(=O)O)CCCN(C(=O)NCC(F)(F)F)C1. The average molecular weight is 282 g/mol. The van der Waals surface area contributed by atoms with Gasteiger partial charge < -0.3 is 15.3 Å². The highest BCUT2D eigenvalue weighted by Crippen LogP contribution is 2.33. The standard InChI is InChI=1S/C11H17F3N2O3/c1-2-10(8(17)18)4-3-5-16(7-10)9(19)15-6-11(12,13)14/h2-7H2,1H3,(H,15,19)(H,17,18). The summed E-state index contributed by atoms with van der Waals surface area (Å²) in [6.45, 7) is 0.515. The minimum atomic E-state index is -4.47. The van der Waals surface area contributed by atoms with Gasteiger partial charge in [0, 0.05) is 13.1 Å². The first-order valence-electron chi connectivity index (χ1n) is 6.03. The van der Waals surface area contributed by atoms with E-state index in [0.717, 1.165) is 4.90 Å². The normalized spacial score (nSPS) is 24.1. The Hall–Kier alpha value is -1.47. The van der Waals surface area contributed by atoms with Gasteiger partial charge in [-0.05, 0) is 19.3 Å². The van der Waals surface area contributed by atoms with Crippen molar-refractivity contribution < 1.29 is 27.9 Å². The fourth-order valence-corrected chi connectivity index (χ4v) is 2.21. The molecule has 19 heavy (non-hydrogen) atoms. The molecule has 5 nitrogen and oxygen atoms in total. The number of hydrogen-bond acceptors (Lipinski definition) is 2. The molecule has 0 aliphatic carbocycles. The minimum Gasteiger partial charge on any atom is -0.481 e. The molecular formula is C11H17F3N2O3. The molecule has 0 aromatic heterocycles. The molecular weight excluding hydrogens is 265 g/mol. The largest absolute Gasteiger partial charge is 0.481 e. The van der Waals surface area contributed by atoms with Crippen molar-refractivity contribution in [2.45, 2.75) is 32.4 Å². The molecule has 0 aromatic carbocycles. The molecule has 0 bridgehead atoms. The van der Waals surface area contributed by atoms with Gasteiger partial charge in [0.1, 0.15) is 6.54 Å². The van der Waals surface area contributed by atoms with Gasteiger partial charge in [-0.25, -0.2) is 4.79 Å². The molecule has 0 aromatic rings. The summed E-state index contributed by atoms with van der Waals surface area (Å²) in [5, 5.41) is 11.0. The highest BCUT2D eigenvalue weighted by atomic mass is 19.4. The van der Waals surface area contributed by atoms with Gasteiger partial charge in [0.2, 0.25) is 0 Å². The van der Waals surface area contributed by atoms with E-state index in [1.807, 2.05) is 0 Å². The molecule has 0 spiro atoms. The number of rotatable bonds is 3. The summed E-state index contributed by atoms with van der Waals surface area (Å²) >= 11 is 0. The maximum Gasteiger partial charge on any atom is 0.405 e. The molecule has 1 atom stereocenters. The monoisotopic (exact) mass is 282 g/mol. The Morgan fingerprint density at radius 1 is 1.42 bits per heavy atom. The lowest BCUT2D eigenvalue weighted by molar-refractivity contribution is -0.152. The molecule has 1 fully saturated rings. The molecule has 1 unspecified atom stereocenters. The summed E-state index contributed by atoms with van der Waals surface area (Å²) in [6.07, 6.45) is -3.23. The number of carboxylic acids is 1. The summed E-state index contributed by atoms with van der Waals surface area (Å²) in [5.41, 5.74) is -1.05. The third-order valence-electron chi connectivity index (χ3n) is 3.43. The van der Waals surface area contributed by atoms with E-state index in [9.17, 15) is 27.9 Å². The molecule has 110 valence electrons. The number of carboxylic acid groups (broad SMARTS) is 1. The zero-order chi connectivity index (χ0) is 14.7. The van der Waals surface area contributed by atoms with E-state index in [-0.39, 0.29) is 13.1 Å². The Balaban J connectivity index is 2.64. The number of carbonyl (C=O) groups is 2. The second-order valence-corrected chi connectivity index (χ2v) is 4.74. The maximum absolute atomic E-state index is 12.0. The first kappa shape index (κ1) is 15.6. The number of alkyl halides is 3. The predicted molar refractivity (Wildman–Crippen MR) is 60.6 cm³/mol. The highest BCUT2D eigenvalue weighted by Gasteiger charge is 2.42. The second kappa shape index (κ2) is 5.66. The van der Waals surface area contributed by atoms with Gasteiger partial charge in [-0.15, -0.1) is 0 Å². The number of carbonyl (C=O) groups excluding carboxylic acids is 1. The Morgan fingerprint density at radius 2 is 2.05 bits per heavy atom. The molecule has 8 heteroatoms. The van der Waals surface area contributed by atoms with Gasteiger partial charge >= 0.3 is 18.2 Å². The zero-order valence-corrected chi connectivity index (χ0v) is 10.6. The lowest BCUT2D eigenvalue weighted by Crippen LogP contribution is -2.53. The molecule has 0 radical (unpaired) electrons. The Kier molecular flexibility index (Phi) is 4.65. The van der Waals surface area contributed by atoms with Gasteiger partial charge in [-0.3, -0.25) is 4.79 Å². The number of urea groups is 1. The van der Waals surface area contributed by atoms with Gasteiger partial charge in [0.25, 0.3) is 0 Å². The van der Waals surface area contributed by atoms with Crippen LogP contribution in [0.3, 0.4) is 0 Å². The number of likely N-dealkylation sites (tertiary alicyclic amines) is 1. The van der Waals surface area contributed by atoms with Crippen LogP contribution in [0.4, 0.5) is 18.0 Å². The number of piperidine rings is 1. The van der Waals surface area contributed by atoms with Crippen LogP contribution >= 0.6 is 0 Å². The van der Waals surface area contributed by atoms with E-state index < -0.39 is 30.1 Å². The van der Waals surface area contributed by atoms with E-state index in [2.05, 4.69) is 0 Å². The van der Waals surface area contributed by atoms with Crippen molar-refractivity contribution in [3.05, 3.63) is 0 Å². The van der Waals surface area contributed by atoms with Crippen molar-refractivity contribution in [2.24, 2.45) is 5.41 Å². The van der Waals surface area contributed by atoms with Crippen molar-refractivity contribution in [1.29, 1.82) is 0 Å². The van der Waals surface area contributed by atoms with Gasteiger partial charge in [-0.2, -0.15) is 13.2 Å². The molecule has 1 aliphatic heterocycles. The quantitative estimate of drug-likeness (QED) is 0.829. The summed E-state index contributed by atoms with van der Waals surface area (Å²) in [4.78, 5) is 24.0. The number of halogens is 3. The molecule has 1 heterocycles. The van der Waals surface area contributed by atoms with E-state index in [1.54, 1.807) is 12.2 Å². The van der Waals surface area contributed by atoms with Crippen molar-refractivity contribution in [1.82, 2.24) is 10.2 Å². The lowest BCUT2D eigenvalue weighted by atomic mass is 9.78. The molecule has 2 amide bonds. The number of aliphatic carboxylic acids is 1. The number of amides is 2. The van der Waals surface area contributed by atoms with Crippen molar-refractivity contribution in [3.8, 4) is 0 Å². The van der Waals surface area contributed by atoms with Crippen molar-refractivity contribution >= 4 is 12.0 Å². The second-order valence-electron chi connectivity index (χ2n) is 4.74. The first-order chi connectivity index (χ1) is 8.70. The Morgan fingerprint density at radius 3 is 2.53 bits per heavy atom. The van der Waals surface area contributed by atoms with E-state index in [4.69, 9.17) is 0 Å². The molecule has 1 aliphatic rings. The van der Waals surface area contributed by atoms with Crippen LogP contribution < -0.4 is 5.32 Å². The third kappa shape index (κ3) is 4.00. The zero-order valence-electron chi connectivity index (χ0n) is 10.6. The molecule has 1 saturated heterocycles. The van der Waals surface area contributed by atoms with Crippen LogP contribution in [0.15, 0.2) is 0 Å². The van der Waals surface area contributed by atoms with E-state index in [0.29, 0.717) is 19.3 Å². The highest BCUT2D eigenvalue weighted by molar-refractivity contribution is 5.78. The number of hydrogen-bond donors (Lipinski definition) is 2. The van der Waals surface area contributed by atoms with Crippen LogP contribution in [0.1, 0.15) is 26.2 Å². The smallest absolute Gasteiger partial charge is 0.405 e. The minimum absolute atomic E-state index is 0.0531. The Bertz CT molecular complexity index is 360. The molecule has 1 rings (SSSR count). The fraction of sp³-hybridized carbons (Fsp3) is 0.818. The van der Waals surface area contributed by atoms with E-state index >= 15 is 0 Å². The summed E-state index contributed by atoms with van der Waals surface area (Å²) in [7, 11) is 0. The molecule has 0 saturated carbocycles. The van der Waals surface area contributed by atoms with Gasteiger partial charge in [-0.1, -0.05) is 6.92 Å². The van der Waals surface area contributed by atoms with Crippen LogP contribution in [-0.2, 0) is 4.79 Å². The third-order valence-corrected chi connectivity index (χ3v) is 3.43. The lowest BCUT2D eigenvalue weighted by Gasteiger charge is -2.39. The average Bonchev–Trinajstić information content (AvgIpc) is 2.34. The van der Waals surface area contributed by atoms with Crippen molar-refractivity contribution in [3.63, 3.8) is 0 Å². The topological polar surface area (TPSA) is 69.6 Å². The maximum atomic E-state index is 12.0. The summed E-state index contributed by atoms with van der Waals surface area (Å²) in [6, 6.07) is -0.865. The van der Waals surface area contributed by atoms with Crippen LogP contribution in [0.25, 0.3) is 0 Å². The summed E-state index contributed by atoms with van der Waals surface area (Å²) < 4.78 is 36.0. The van der Waals surface area contributed by atoms with Crippen molar-refractivity contribution in [2.75, 3.05) is 19.6 Å². The van der Waals surface area contributed by atoms with Gasteiger partial charge in [0.05, 0.1) is 5.41 Å². The number of nitrogens with zero attached hydrogens (tertiary/aromatic N) is 1. The van der Waals surface area contributed by atoms with Crippen LogP contribution in [-0.4, -0.2) is 47.8 Å². The van der Waals surface area contributed by atoms with Gasteiger partial charge in [0.15, 0.2) is 0 Å². The first-order valence-corrected chi connectivity index (χ1v) is 6.03. The fourth-order valence-electron chi connectivity index (χ4n) is 2.21.